The fraction of sp³-hybridized carbons (Fsp3) is 1.00. The second kappa shape index (κ2) is 59.1. The van der Waals surface area contributed by atoms with Crippen LogP contribution in [0.1, 0.15) is 351 Å². The van der Waals surface area contributed by atoms with Crippen molar-refractivity contribution in [2.75, 3.05) is 98.2 Å². The van der Waals surface area contributed by atoms with Crippen molar-refractivity contribution in [2.45, 2.75) is 357 Å². The van der Waals surface area contributed by atoms with E-state index in [0.717, 1.165) is 30.2 Å². The van der Waals surface area contributed by atoms with Crippen LogP contribution >= 0.6 is 0 Å². The molecule has 0 bridgehead atoms. The highest BCUT2D eigenvalue weighted by molar-refractivity contribution is 4.79. The lowest BCUT2D eigenvalue weighted by Gasteiger charge is -2.38. The maximum Gasteiger partial charge on any atom is 0.0167 e. The predicted octanol–water partition coefficient (Wildman–Crippen LogP) is 21.0. The molecule has 6 heteroatoms. The largest absolute Gasteiger partial charge is 0.327 e. The summed E-state index contributed by atoms with van der Waals surface area (Å²) in [6.07, 6.45) is 63.5. The van der Waals surface area contributed by atoms with Crippen LogP contribution in [0.5, 0.6) is 0 Å². The van der Waals surface area contributed by atoms with Crippen LogP contribution in [0.3, 0.4) is 0 Å². The molecule has 80 heavy (non-hydrogen) atoms. The third kappa shape index (κ3) is 51.0. The number of nitrogens with zero attached hydrogens (tertiary/aromatic N) is 5. The lowest BCUT2D eigenvalue weighted by atomic mass is 9.98. The zero-order valence-electron chi connectivity index (χ0n) is 57.1. The van der Waals surface area contributed by atoms with Crippen LogP contribution in [0.2, 0.25) is 0 Å². The molecule has 1 heterocycles. The normalized spacial score (nSPS) is 15.7. The van der Waals surface area contributed by atoms with Gasteiger partial charge in [0.2, 0.25) is 0 Å². The van der Waals surface area contributed by atoms with E-state index in [9.17, 15) is 0 Å². The van der Waals surface area contributed by atoms with Crippen LogP contribution in [0, 0.1) is 23.7 Å². The molecule has 1 saturated heterocycles. The third-order valence-electron chi connectivity index (χ3n) is 19.1. The van der Waals surface area contributed by atoms with Gasteiger partial charge in [-0.3, -0.25) is 9.80 Å². The van der Waals surface area contributed by atoms with E-state index in [1.807, 2.05) is 0 Å². The summed E-state index contributed by atoms with van der Waals surface area (Å²) in [4.78, 5) is 14.4. The average Bonchev–Trinajstić information content (AvgIpc) is 3.44. The fourth-order valence-corrected chi connectivity index (χ4v) is 13.5. The highest BCUT2D eigenvalue weighted by Crippen LogP contribution is 2.21. The summed E-state index contributed by atoms with van der Waals surface area (Å²) in [7, 11) is 0. The fourth-order valence-electron chi connectivity index (χ4n) is 13.5. The molecule has 2 N–H and O–H groups in total. The SMILES string of the molecule is CCCCCCCCCCC(C)CN(CCN1CCN(CCN(CC(C)CCCCCCCCCC)CC(N)CCCCCCCCCC)CC1)CCN(CC(C)CCCCCCCCCC)CC(C)CCCCCCCCCC. The summed E-state index contributed by atoms with van der Waals surface area (Å²) < 4.78 is 0. The van der Waals surface area contributed by atoms with Gasteiger partial charge in [-0.05, 0) is 55.8 Å². The van der Waals surface area contributed by atoms with E-state index >= 15 is 0 Å². The highest BCUT2D eigenvalue weighted by Gasteiger charge is 2.22. The lowest BCUT2D eigenvalue weighted by molar-refractivity contribution is 0.0964. The Balaban J connectivity index is 2.94. The number of unbranched alkanes of at least 4 members (excludes halogenated alkanes) is 35. The zero-order chi connectivity index (χ0) is 58.2. The number of hydrogen-bond donors (Lipinski definition) is 1. The maximum absolute atomic E-state index is 6.98. The van der Waals surface area contributed by atoms with Crippen molar-refractivity contribution in [3.63, 3.8) is 0 Å². The van der Waals surface area contributed by atoms with E-state index in [1.165, 1.54) is 381 Å². The summed E-state index contributed by atoms with van der Waals surface area (Å²) in [6.45, 7) is 40.4. The van der Waals surface area contributed by atoms with Crippen molar-refractivity contribution in [2.24, 2.45) is 29.4 Å². The van der Waals surface area contributed by atoms with Crippen molar-refractivity contribution in [3.8, 4) is 0 Å². The lowest BCUT2D eigenvalue weighted by Crippen LogP contribution is -2.51. The summed E-state index contributed by atoms with van der Waals surface area (Å²) in [5.74, 6) is 3.12. The van der Waals surface area contributed by atoms with Gasteiger partial charge in [0.05, 0.1) is 0 Å². The van der Waals surface area contributed by atoms with E-state index in [2.05, 4.69) is 86.8 Å². The van der Waals surface area contributed by atoms with E-state index < -0.39 is 0 Å². The smallest absolute Gasteiger partial charge is 0.0167 e. The van der Waals surface area contributed by atoms with Crippen molar-refractivity contribution in [3.05, 3.63) is 0 Å². The molecule has 1 fully saturated rings. The second-order valence-electron chi connectivity index (χ2n) is 28.0. The quantitative estimate of drug-likeness (QED) is 0.0612. The molecule has 5 unspecified atom stereocenters. The molecule has 6 nitrogen and oxygen atoms in total. The van der Waals surface area contributed by atoms with Gasteiger partial charge in [-0.1, -0.05) is 319 Å². The van der Waals surface area contributed by atoms with Gasteiger partial charge in [0, 0.05) is 104 Å². The Bertz CT molecular complexity index is 1140. The summed E-state index contributed by atoms with van der Waals surface area (Å²) in [6, 6.07) is 0.312. The molecular formula is C74H154N6. The Kier molecular flexibility index (Phi) is 57.5. The third-order valence-corrected chi connectivity index (χ3v) is 19.1. The number of nitrogens with two attached hydrogens (primary N) is 1. The minimum absolute atomic E-state index is 0.312. The number of hydrogen-bond acceptors (Lipinski definition) is 6. The van der Waals surface area contributed by atoms with E-state index in [0.29, 0.717) is 6.04 Å². The van der Waals surface area contributed by atoms with Crippen LogP contribution in [0.4, 0.5) is 0 Å². The second-order valence-corrected chi connectivity index (χ2v) is 28.0. The minimum atomic E-state index is 0.312. The Hall–Kier alpha value is -0.240. The molecular weight excluding hydrogens is 973 g/mol. The van der Waals surface area contributed by atoms with Gasteiger partial charge >= 0.3 is 0 Å². The van der Waals surface area contributed by atoms with Crippen LogP contribution in [-0.4, -0.2) is 129 Å². The van der Waals surface area contributed by atoms with Crippen LogP contribution in [-0.2, 0) is 0 Å². The first-order valence-corrected chi connectivity index (χ1v) is 37.5. The summed E-state index contributed by atoms with van der Waals surface area (Å²) in [5, 5.41) is 0. The molecule has 1 aliphatic heterocycles. The zero-order valence-corrected chi connectivity index (χ0v) is 57.1. The van der Waals surface area contributed by atoms with Gasteiger partial charge in [-0.25, -0.2) is 0 Å². The van der Waals surface area contributed by atoms with Gasteiger partial charge in [-0.15, -0.1) is 0 Å². The van der Waals surface area contributed by atoms with Crippen LogP contribution in [0.25, 0.3) is 0 Å². The first-order chi connectivity index (χ1) is 39.1. The average molecular weight is 1130 g/mol. The Morgan fingerprint density at radius 3 is 0.762 bits per heavy atom. The highest BCUT2D eigenvalue weighted by atomic mass is 15.3. The first-order valence-electron chi connectivity index (χ1n) is 37.5. The van der Waals surface area contributed by atoms with Crippen molar-refractivity contribution >= 4 is 0 Å². The Morgan fingerprint density at radius 2 is 0.475 bits per heavy atom. The van der Waals surface area contributed by atoms with E-state index in [-0.39, 0.29) is 0 Å². The molecule has 480 valence electrons. The molecule has 1 aliphatic rings. The number of rotatable bonds is 64. The van der Waals surface area contributed by atoms with Crippen molar-refractivity contribution in [1.29, 1.82) is 0 Å². The van der Waals surface area contributed by atoms with Gasteiger partial charge in [-0.2, -0.15) is 0 Å². The van der Waals surface area contributed by atoms with Crippen LogP contribution in [0.15, 0.2) is 0 Å². The standard InChI is InChI=1S/C74H154N6/c1-10-15-20-25-30-35-40-45-50-70(6)65-78(62-64-79(66-71(7)51-46-41-36-31-26-21-16-11-2)67-72(8)52-47-42-37-32-27-22-17-12-3)61-59-76-55-57-77(58-56-76)60-63-80(68-73(9)53-48-43-38-33-28-23-18-13-4)69-74(75)54-49-44-39-34-29-24-19-14-5/h70-74H,10-69,75H2,1-9H3. The molecule has 0 spiro atoms. The van der Waals surface area contributed by atoms with Gasteiger partial charge in [0.1, 0.15) is 0 Å². The minimum Gasteiger partial charge on any atom is -0.327 e. The topological polar surface area (TPSA) is 42.2 Å². The molecule has 0 radical (unpaired) electrons. The molecule has 0 aromatic rings. The van der Waals surface area contributed by atoms with Gasteiger partial charge in [0.15, 0.2) is 0 Å². The maximum atomic E-state index is 6.98. The molecule has 1 rings (SSSR count). The summed E-state index contributed by atoms with van der Waals surface area (Å²) >= 11 is 0. The molecule has 5 atom stereocenters. The molecule has 0 aromatic heterocycles. The van der Waals surface area contributed by atoms with Gasteiger partial charge < -0.3 is 20.4 Å². The monoisotopic (exact) mass is 1130 g/mol. The van der Waals surface area contributed by atoms with E-state index in [1.54, 1.807) is 0 Å². The van der Waals surface area contributed by atoms with Gasteiger partial charge in [0.25, 0.3) is 0 Å². The predicted molar refractivity (Wildman–Crippen MR) is 363 cm³/mol. The van der Waals surface area contributed by atoms with Crippen LogP contribution < -0.4 is 5.73 Å². The molecule has 0 saturated carbocycles. The summed E-state index contributed by atoms with van der Waals surface area (Å²) in [5.41, 5.74) is 6.98. The molecule has 0 aromatic carbocycles. The van der Waals surface area contributed by atoms with E-state index in [4.69, 9.17) is 5.73 Å². The Labute approximate surface area is 507 Å². The Morgan fingerprint density at radius 1 is 0.263 bits per heavy atom. The molecule has 0 aliphatic carbocycles. The number of piperazine rings is 1. The van der Waals surface area contributed by atoms with Crippen molar-refractivity contribution < 1.29 is 0 Å². The first kappa shape index (κ1) is 77.8. The van der Waals surface area contributed by atoms with Crippen molar-refractivity contribution in [1.82, 2.24) is 24.5 Å². The molecule has 0 amide bonds.